The molecule has 0 aromatic heterocycles. The van der Waals surface area contributed by atoms with Crippen molar-refractivity contribution < 1.29 is 14.5 Å². The molecule has 0 aliphatic carbocycles. The van der Waals surface area contributed by atoms with E-state index in [1.165, 1.54) is 36.0 Å². The zero-order valence-corrected chi connectivity index (χ0v) is 17.9. The maximum atomic E-state index is 12.2. The van der Waals surface area contributed by atoms with E-state index in [0.29, 0.717) is 11.3 Å². The number of halogens is 1. The molecule has 9 heteroatoms. The first-order valence-electron chi connectivity index (χ1n) is 8.75. The van der Waals surface area contributed by atoms with Crippen LogP contribution >= 0.6 is 27.7 Å². The first-order chi connectivity index (χ1) is 14.4. The lowest BCUT2D eigenvalue weighted by Gasteiger charge is -2.07. The van der Waals surface area contributed by atoms with Crippen molar-refractivity contribution in [2.45, 2.75) is 4.90 Å². The van der Waals surface area contributed by atoms with Gasteiger partial charge < -0.3 is 10.6 Å². The summed E-state index contributed by atoms with van der Waals surface area (Å²) in [6, 6.07) is 19.8. The van der Waals surface area contributed by atoms with Crippen molar-refractivity contribution in [2.24, 2.45) is 0 Å². The van der Waals surface area contributed by atoms with Gasteiger partial charge in [0.15, 0.2) is 0 Å². The van der Waals surface area contributed by atoms with Crippen molar-refractivity contribution in [3.63, 3.8) is 0 Å². The quantitative estimate of drug-likeness (QED) is 0.267. The first-order valence-corrected chi connectivity index (χ1v) is 10.5. The van der Waals surface area contributed by atoms with Gasteiger partial charge >= 0.3 is 0 Å². The molecule has 0 fully saturated rings. The second-order valence-corrected chi connectivity index (χ2v) is 8.09. The average Bonchev–Trinajstić information content (AvgIpc) is 2.75. The van der Waals surface area contributed by atoms with E-state index in [4.69, 9.17) is 0 Å². The van der Waals surface area contributed by atoms with Crippen molar-refractivity contribution in [1.29, 1.82) is 0 Å². The van der Waals surface area contributed by atoms with E-state index in [-0.39, 0.29) is 23.3 Å². The molecule has 2 amide bonds. The van der Waals surface area contributed by atoms with Crippen molar-refractivity contribution in [2.75, 3.05) is 16.4 Å². The highest BCUT2D eigenvalue weighted by Crippen LogP contribution is 2.22. The van der Waals surface area contributed by atoms with Gasteiger partial charge in [0.25, 0.3) is 11.6 Å². The molecule has 3 aromatic carbocycles. The van der Waals surface area contributed by atoms with Crippen molar-refractivity contribution >= 4 is 56.6 Å². The number of thioether (sulfide) groups is 1. The summed E-state index contributed by atoms with van der Waals surface area (Å²) in [6.45, 7) is 0. The molecule has 0 unspecified atom stereocenters. The zero-order chi connectivity index (χ0) is 21.5. The topological polar surface area (TPSA) is 101 Å². The molecule has 0 saturated heterocycles. The number of benzene rings is 3. The Labute approximate surface area is 185 Å². The van der Waals surface area contributed by atoms with Gasteiger partial charge in [-0.25, -0.2) is 0 Å². The second kappa shape index (κ2) is 10.0. The molecule has 7 nitrogen and oxygen atoms in total. The Morgan fingerprint density at radius 1 is 0.867 bits per heavy atom. The highest BCUT2D eigenvalue weighted by atomic mass is 79.9. The minimum absolute atomic E-state index is 0.0721. The maximum absolute atomic E-state index is 12.2. The van der Waals surface area contributed by atoms with Gasteiger partial charge in [-0.15, -0.1) is 11.8 Å². The van der Waals surface area contributed by atoms with Gasteiger partial charge in [-0.1, -0.05) is 15.9 Å². The van der Waals surface area contributed by atoms with E-state index in [1.807, 2.05) is 36.4 Å². The number of hydrogen-bond donors (Lipinski definition) is 2. The molecule has 0 radical (unpaired) electrons. The average molecular weight is 486 g/mol. The second-order valence-electron chi connectivity index (χ2n) is 6.13. The third kappa shape index (κ3) is 6.16. The number of nitro groups is 1. The number of anilines is 2. The summed E-state index contributed by atoms with van der Waals surface area (Å²) in [6.07, 6.45) is 0. The lowest BCUT2D eigenvalue weighted by molar-refractivity contribution is -0.384. The van der Waals surface area contributed by atoms with E-state index < -0.39 is 4.92 Å². The van der Waals surface area contributed by atoms with E-state index in [1.54, 1.807) is 12.1 Å². The minimum atomic E-state index is -0.517. The minimum Gasteiger partial charge on any atom is -0.325 e. The van der Waals surface area contributed by atoms with Gasteiger partial charge in [0.05, 0.1) is 10.7 Å². The molecule has 3 rings (SSSR count). The van der Waals surface area contributed by atoms with Crippen LogP contribution in [-0.2, 0) is 4.79 Å². The number of nitro benzene ring substituents is 1. The van der Waals surface area contributed by atoms with Gasteiger partial charge in [0, 0.05) is 38.4 Å². The van der Waals surface area contributed by atoms with E-state index >= 15 is 0 Å². The number of rotatable bonds is 7. The molecule has 3 aromatic rings. The Bertz CT molecular complexity index is 1060. The van der Waals surface area contributed by atoms with Crippen LogP contribution in [0.1, 0.15) is 10.4 Å². The third-order valence-corrected chi connectivity index (χ3v) is 5.49. The molecule has 0 spiro atoms. The van der Waals surface area contributed by atoms with Crippen LogP contribution in [-0.4, -0.2) is 22.5 Å². The van der Waals surface area contributed by atoms with Crippen LogP contribution < -0.4 is 10.6 Å². The molecule has 30 heavy (non-hydrogen) atoms. The van der Waals surface area contributed by atoms with E-state index in [9.17, 15) is 19.7 Å². The summed E-state index contributed by atoms with van der Waals surface area (Å²) in [7, 11) is 0. The predicted molar refractivity (Wildman–Crippen MR) is 121 cm³/mol. The fraction of sp³-hybridized carbons (Fsp3) is 0.0476. The molecule has 0 heterocycles. The smallest absolute Gasteiger partial charge is 0.269 e. The standard InChI is InChI=1S/C21H16BrN3O4S/c22-15-3-5-16(6-4-15)23-20(26)13-30-19-11-7-17(8-12-19)24-21(27)14-1-9-18(10-2-14)25(28)29/h1-12H,13H2,(H,23,26)(H,24,27). The Morgan fingerprint density at radius 2 is 1.43 bits per heavy atom. The van der Waals surface area contributed by atoms with Crippen LogP contribution in [0.25, 0.3) is 0 Å². The third-order valence-electron chi connectivity index (χ3n) is 3.95. The Morgan fingerprint density at radius 3 is 2.03 bits per heavy atom. The molecular weight excluding hydrogens is 470 g/mol. The van der Waals surface area contributed by atoms with Gasteiger partial charge in [-0.05, 0) is 60.7 Å². The van der Waals surface area contributed by atoms with Gasteiger partial charge in [-0.3, -0.25) is 19.7 Å². The summed E-state index contributed by atoms with van der Waals surface area (Å²) in [5.74, 6) is -0.220. The molecule has 0 aliphatic rings. The summed E-state index contributed by atoms with van der Waals surface area (Å²) in [4.78, 5) is 35.4. The Hall–Kier alpha value is -3.17. The van der Waals surface area contributed by atoms with Gasteiger partial charge in [-0.2, -0.15) is 0 Å². The lowest BCUT2D eigenvalue weighted by atomic mass is 10.2. The van der Waals surface area contributed by atoms with Crippen LogP contribution in [0.2, 0.25) is 0 Å². The summed E-state index contributed by atoms with van der Waals surface area (Å²) >= 11 is 4.73. The van der Waals surface area contributed by atoms with Crippen LogP contribution in [0.4, 0.5) is 17.1 Å². The number of nitrogens with one attached hydrogen (secondary N) is 2. The van der Waals surface area contributed by atoms with E-state index in [0.717, 1.165) is 15.1 Å². The SMILES string of the molecule is O=C(CSc1ccc(NC(=O)c2ccc([N+](=O)[O-])cc2)cc1)Nc1ccc(Br)cc1. The Kier molecular flexibility index (Phi) is 7.21. The van der Waals surface area contributed by atoms with Gasteiger partial charge in [0.2, 0.25) is 5.91 Å². The van der Waals surface area contributed by atoms with Crippen molar-refractivity contribution in [1.82, 2.24) is 0 Å². The maximum Gasteiger partial charge on any atom is 0.269 e. The zero-order valence-electron chi connectivity index (χ0n) is 15.5. The van der Waals surface area contributed by atoms with Crippen LogP contribution in [0.3, 0.4) is 0 Å². The number of carbonyl (C=O) groups excluding carboxylic acids is 2. The molecule has 0 aliphatic heterocycles. The Balaban J connectivity index is 1.50. The lowest BCUT2D eigenvalue weighted by Crippen LogP contribution is -2.13. The van der Waals surface area contributed by atoms with Crippen LogP contribution in [0.5, 0.6) is 0 Å². The highest BCUT2D eigenvalue weighted by Gasteiger charge is 2.10. The van der Waals surface area contributed by atoms with Crippen molar-refractivity contribution in [3.8, 4) is 0 Å². The molecule has 2 N–H and O–H groups in total. The highest BCUT2D eigenvalue weighted by molar-refractivity contribution is 9.10. The summed E-state index contributed by atoms with van der Waals surface area (Å²) in [5.41, 5.74) is 1.57. The molecule has 0 saturated carbocycles. The number of nitrogens with zero attached hydrogens (tertiary/aromatic N) is 1. The fourth-order valence-corrected chi connectivity index (χ4v) is 3.41. The van der Waals surface area contributed by atoms with E-state index in [2.05, 4.69) is 26.6 Å². The predicted octanol–water partition coefficient (Wildman–Crippen LogP) is 5.34. The number of carbonyl (C=O) groups is 2. The molecule has 152 valence electrons. The fourth-order valence-electron chi connectivity index (χ4n) is 2.45. The van der Waals surface area contributed by atoms with Gasteiger partial charge in [0.1, 0.15) is 0 Å². The monoisotopic (exact) mass is 485 g/mol. The molecular formula is C21H16BrN3O4S. The first kappa shape index (κ1) is 21.5. The van der Waals surface area contributed by atoms with Crippen LogP contribution in [0, 0.1) is 10.1 Å². The van der Waals surface area contributed by atoms with Crippen molar-refractivity contribution in [3.05, 3.63) is 92.9 Å². The summed E-state index contributed by atoms with van der Waals surface area (Å²) < 4.78 is 0.940. The normalized spacial score (nSPS) is 10.3. The largest absolute Gasteiger partial charge is 0.325 e. The number of amides is 2. The summed E-state index contributed by atoms with van der Waals surface area (Å²) in [5, 5.41) is 16.2. The number of hydrogen-bond acceptors (Lipinski definition) is 5. The molecule has 0 atom stereocenters. The van der Waals surface area contributed by atoms with Crippen LogP contribution in [0.15, 0.2) is 82.2 Å². The number of non-ortho nitro benzene ring substituents is 1. The molecule has 0 bridgehead atoms.